The van der Waals surface area contributed by atoms with Crippen molar-refractivity contribution >= 4 is 22.6 Å². The Morgan fingerprint density at radius 1 is 1.56 bits per heavy atom. The van der Waals surface area contributed by atoms with E-state index in [1.807, 2.05) is 6.92 Å². The molecule has 52 valence electrons. The van der Waals surface area contributed by atoms with Gasteiger partial charge in [-0.2, -0.15) is 0 Å². The summed E-state index contributed by atoms with van der Waals surface area (Å²) in [4.78, 5) is 0. The van der Waals surface area contributed by atoms with E-state index in [2.05, 4.69) is 54.7 Å². The lowest BCUT2D eigenvalue weighted by Gasteiger charge is -1.93. The molecule has 0 aromatic rings. The van der Waals surface area contributed by atoms with Crippen molar-refractivity contribution < 1.29 is 0 Å². The Balaban J connectivity index is 3.84. The fourth-order valence-electron chi connectivity index (χ4n) is 0.681. The number of hydrogen-bond donors (Lipinski definition) is 0. The molecule has 0 heterocycles. The summed E-state index contributed by atoms with van der Waals surface area (Å²) in [5, 5.41) is 0. The molecule has 0 aliphatic carbocycles. The van der Waals surface area contributed by atoms with Crippen LogP contribution < -0.4 is 0 Å². The summed E-state index contributed by atoms with van der Waals surface area (Å²) in [6.07, 6.45) is 6.42. The third kappa shape index (κ3) is 6.09. The molecule has 0 amide bonds. The molecule has 0 aliphatic heterocycles. The Morgan fingerprint density at radius 3 is 2.44 bits per heavy atom. The molecule has 0 aromatic heterocycles. The van der Waals surface area contributed by atoms with Gasteiger partial charge in [-0.15, -0.1) is 0 Å². The van der Waals surface area contributed by atoms with E-state index in [-0.39, 0.29) is 0 Å². The van der Waals surface area contributed by atoms with Gasteiger partial charge in [-0.25, -0.2) is 0 Å². The Hall–Kier alpha value is 0.210. The largest absolute Gasteiger partial charge is 0.0874 e. The number of allylic oxidation sites excluding steroid dienone is 4. The molecule has 1 atom stereocenters. The summed E-state index contributed by atoms with van der Waals surface area (Å²) < 4.78 is 0.638. The van der Waals surface area contributed by atoms with Gasteiger partial charge in [0.05, 0.1) is 0 Å². The Bertz CT molecular complexity index is 121. The minimum Gasteiger partial charge on any atom is -0.0874 e. The predicted molar refractivity (Wildman–Crippen MR) is 52.1 cm³/mol. The highest BCUT2D eigenvalue weighted by Gasteiger charge is 1.86. The molecule has 0 rings (SSSR count). The standard InChI is InChI=1S/C8H13I/c1-4-5-7(2)6-8(3)9/h4-6,8H,1-3H3/b5-4-,7-6-/t8-/m0/s1. The Morgan fingerprint density at radius 2 is 2.11 bits per heavy atom. The highest BCUT2D eigenvalue weighted by atomic mass is 127. The first-order valence-corrected chi connectivity index (χ1v) is 4.36. The normalized spacial score (nSPS) is 16.7. The molecule has 0 spiro atoms. The zero-order valence-corrected chi connectivity index (χ0v) is 8.34. The second-order valence-corrected chi connectivity index (χ2v) is 4.05. The third-order valence-electron chi connectivity index (χ3n) is 0.922. The minimum absolute atomic E-state index is 0.638. The van der Waals surface area contributed by atoms with Crippen molar-refractivity contribution in [2.45, 2.75) is 24.7 Å². The van der Waals surface area contributed by atoms with E-state index in [4.69, 9.17) is 0 Å². The monoisotopic (exact) mass is 236 g/mol. The second-order valence-electron chi connectivity index (χ2n) is 2.09. The first-order chi connectivity index (χ1) is 4.16. The third-order valence-corrected chi connectivity index (χ3v) is 1.28. The van der Waals surface area contributed by atoms with Gasteiger partial charge in [0.2, 0.25) is 0 Å². The van der Waals surface area contributed by atoms with Crippen molar-refractivity contribution in [1.29, 1.82) is 0 Å². The van der Waals surface area contributed by atoms with Crippen LogP contribution in [0.25, 0.3) is 0 Å². The van der Waals surface area contributed by atoms with Crippen molar-refractivity contribution in [3.63, 3.8) is 0 Å². The molecule has 0 aliphatic rings. The van der Waals surface area contributed by atoms with E-state index in [9.17, 15) is 0 Å². The summed E-state index contributed by atoms with van der Waals surface area (Å²) in [6.45, 7) is 6.33. The molecular formula is C8H13I. The smallest absolute Gasteiger partial charge is 0.0266 e. The molecule has 0 bridgehead atoms. The lowest BCUT2D eigenvalue weighted by Crippen LogP contribution is -1.81. The minimum atomic E-state index is 0.638. The molecule has 0 N–H and O–H groups in total. The van der Waals surface area contributed by atoms with Crippen molar-refractivity contribution in [3.8, 4) is 0 Å². The number of hydrogen-bond acceptors (Lipinski definition) is 0. The van der Waals surface area contributed by atoms with Crippen LogP contribution in [0.2, 0.25) is 0 Å². The molecule has 0 saturated heterocycles. The lowest BCUT2D eigenvalue weighted by atomic mass is 10.2. The van der Waals surface area contributed by atoms with Crippen LogP contribution in [-0.2, 0) is 0 Å². The van der Waals surface area contributed by atoms with Crippen molar-refractivity contribution in [2.24, 2.45) is 0 Å². The van der Waals surface area contributed by atoms with Gasteiger partial charge in [-0.1, -0.05) is 46.4 Å². The van der Waals surface area contributed by atoms with E-state index < -0.39 is 0 Å². The van der Waals surface area contributed by atoms with E-state index in [1.54, 1.807) is 0 Å². The summed E-state index contributed by atoms with van der Waals surface area (Å²) >= 11 is 2.39. The first-order valence-electron chi connectivity index (χ1n) is 3.12. The number of halogens is 1. The van der Waals surface area contributed by atoms with Crippen molar-refractivity contribution in [3.05, 3.63) is 23.8 Å². The quantitative estimate of drug-likeness (QED) is 0.392. The Labute approximate surface area is 71.2 Å². The molecule has 0 aromatic carbocycles. The lowest BCUT2D eigenvalue weighted by molar-refractivity contribution is 1.26. The van der Waals surface area contributed by atoms with Gasteiger partial charge in [-0.05, 0) is 20.8 Å². The summed E-state index contributed by atoms with van der Waals surface area (Å²) in [7, 11) is 0. The average molecular weight is 236 g/mol. The van der Waals surface area contributed by atoms with Crippen molar-refractivity contribution in [2.75, 3.05) is 0 Å². The fourth-order valence-corrected chi connectivity index (χ4v) is 1.25. The second kappa shape index (κ2) is 5.03. The average Bonchev–Trinajstić information content (AvgIpc) is 1.63. The van der Waals surface area contributed by atoms with E-state index in [0.29, 0.717) is 3.92 Å². The summed E-state index contributed by atoms with van der Waals surface area (Å²) in [5.74, 6) is 0. The van der Waals surface area contributed by atoms with Crippen LogP contribution in [-0.4, -0.2) is 3.92 Å². The van der Waals surface area contributed by atoms with Gasteiger partial charge >= 0.3 is 0 Å². The van der Waals surface area contributed by atoms with Gasteiger partial charge in [0.25, 0.3) is 0 Å². The number of alkyl halides is 1. The maximum Gasteiger partial charge on any atom is 0.0266 e. The molecule has 0 saturated carbocycles. The van der Waals surface area contributed by atoms with Crippen LogP contribution in [0.1, 0.15) is 20.8 Å². The van der Waals surface area contributed by atoms with Crippen LogP contribution in [0.15, 0.2) is 23.8 Å². The molecule has 1 heteroatoms. The predicted octanol–water partition coefficient (Wildman–Crippen LogP) is 3.33. The van der Waals surface area contributed by atoms with Gasteiger partial charge in [0, 0.05) is 3.92 Å². The first kappa shape index (κ1) is 9.21. The highest BCUT2D eigenvalue weighted by Crippen LogP contribution is 2.05. The molecular weight excluding hydrogens is 223 g/mol. The maximum absolute atomic E-state index is 2.39. The Kier molecular flexibility index (Phi) is 5.15. The van der Waals surface area contributed by atoms with Crippen LogP contribution in [0.5, 0.6) is 0 Å². The van der Waals surface area contributed by atoms with Crippen molar-refractivity contribution in [1.82, 2.24) is 0 Å². The van der Waals surface area contributed by atoms with Gasteiger partial charge in [0.15, 0.2) is 0 Å². The topological polar surface area (TPSA) is 0 Å². The summed E-state index contributed by atoms with van der Waals surface area (Å²) in [5.41, 5.74) is 1.35. The van der Waals surface area contributed by atoms with Gasteiger partial charge in [0.1, 0.15) is 0 Å². The van der Waals surface area contributed by atoms with Crippen LogP contribution in [0.3, 0.4) is 0 Å². The van der Waals surface area contributed by atoms with E-state index in [0.717, 1.165) is 0 Å². The SMILES string of the molecule is C/C=C\C(C)=C/[C@H](C)I. The van der Waals surface area contributed by atoms with Gasteiger partial charge in [-0.3, -0.25) is 0 Å². The molecule has 9 heavy (non-hydrogen) atoms. The number of rotatable bonds is 2. The zero-order chi connectivity index (χ0) is 7.28. The fraction of sp³-hybridized carbons (Fsp3) is 0.500. The molecule has 0 nitrogen and oxygen atoms in total. The van der Waals surface area contributed by atoms with E-state index >= 15 is 0 Å². The molecule has 0 radical (unpaired) electrons. The van der Waals surface area contributed by atoms with E-state index in [1.165, 1.54) is 5.57 Å². The van der Waals surface area contributed by atoms with Crippen LogP contribution >= 0.6 is 22.6 Å². The maximum atomic E-state index is 2.39. The van der Waals surface area contributed by atoms with Crippen LogP contribution in [0, 0.1) is 0 Å². The van der Waals surface area contributed by atoms with Gasteiger partial charge < -0.3 is 0 Å². The molecule has 0 unspecified atom stereocenters. The summed E-state index contributed by atoms with van der Waals surface area (Å²) in [6, 6.07) is 0. The molecule has 0 fully saturated rings. The highest BCUT2D eigenvalue weighted by molar-refractivity contribution is 14.1. The zero-order valence-electron chi connectivity index (χ0n) is 6.19. The van der Waals surface area contributed by atoms with Crippen LogP contribution in [0.4, 0.5) is 0 Å².